The number of benzene rings is 1. The topological polar surface area (TPSA) is 85.1 Å². The van der Waals surface area contributed by atoms with E-state index in [1.54, 1.807) is 0 Å². The Morgan fingerprint density at radius 2 is 2.12 bits per heavy atom. The summed E-state index contributed by atoms with van der Waals surface area (Å²) in [5.74, 6) is 1.39. The van der Waals surface area contributed by atoms with Crippen molar-refractivity contribution in [1.29, 1.82) is 0 Å². The number of carbonyl (C=O) groups excluding carboxylic acids is 2. The van der Waals surface area contributed by atoms with Gasteiger partial charge in [0.25, 0.3) is 0 Å². The number of rotatable bonds is 5. The highest BCUT2D eigenvalue weighted by Gasteiger charge is 2.31. The van der Waals surface area contributed by atoms with Gasteiger partial charge in [0.15, 0.2) is 5.82 Å². The molecule has 6 heteroatoms. The third kappa shape index (κ3) is 4.07. The van der Waals surface area contributed by atoms with Gasteiger partial charge in [-0.2, -0.15) is 4.98 Å². The van der Waals surface area contributed by atoms with Gasteiger partial charge in [-0.25, -0.2) is 0 Å². The zero-order chi connectivity index (χ0) is 16.9. The van der Waals surface area contributed by atoms with Crippen LogP contribution in [0.15, 0.2) is 34.9 Å². The number of nitrogens with one attached hydrogen (secondary N) is 1. The summed E-state index contributed by atoms with van der Waals surface area (Å²) >= 11 is 0. The lowest BCUT2D eigenvalue weighted by Gasteiger charge is -2.24. The SMILES string of the molecule is C[C@@H]1CC(=O)CC[C@H]1c1nc(CC(=O)NCc2ccccc2)no1. The molecule has 0 aliphatic heterocycles. The monoisotopic (exact) mass is 327 g/mol. The first kappa shape index (κ1) is 16.4. The van der Waals surface area contributed by atoms with Gasteiger partial charge in [-0.3, -0.25) is 9.59 Å². The summed E-state index contributed by atoms with van der Waals surface area (Å²) in [6, 6.07) is 9.72. The van der Waals surface area contributed by atoms with Gasteiger partial charge in [0.2, 0.25) is 11.8 Å². The van der Waals surface area contributed by atoms with Crippen molar-refractivity contribution in [2.24, 2.45) is 5.92 Å². The standard InChI is InChI=1S/C18H21N3O3/c1-12-9-14(22)7-8-15(12)18-20-16(21-24-18)10-17(23)19-11-13-5-3-2-4-6-13/h2-6,12,15H,7-11H2,1H3,(H,19,23)/t12-,15-/m1/s1. The molecule has 0 radical (unpaired) electrons. The molecule has 0 saturated heterocycles. The van der Waals surface area contributed by atoms with Gasteiger partial charge < -0.3 is 9.84 Å². The van der Waals surface area contributed by atoms with Crippen molar-refractivity contribution in [2.45, 2.75) is 45.1 Å². The molecule has 1 amide bonds. The summed E-state index contributed by atoms with van der Waals surface area (Å²) in [6.45, 7) is 2.50. The summed E-state index contributed by atoms with van der Waals surface area (Å²) in [4.78, 5) is 27.8. The molecule has 1 heterocycles. The zero-order valence-corrected chi connectivity index (χ0v) is 13.7. The fraction of sp³-hybridized carbons (Fsp3) is 0.444. The van der Waals surface area contributed by atoms with Crippen molar-refractivity contribution < 1.29 is 14.1 Å². The van der Waals surface area contributed by atoms with Crippen LogP contribution in [0, 0.1) is 5.92 Å². The number of aromatic nitrogens is 2. The molecular weight excluding hydrogens is 306 g/mol. The minimum atomic E-state index is -0.141. The highest BCUT2D eigenvalue weighted by atomic mass is 16.5. The molecule has 126 valence electrons. The Bertz CT molecular complexity index is 711. The molecule has 3 rings (SSSR count). The first-order valence-corrected chi connectivity index (χ1v) is 8.26. The van der Waals surface area contributed by atoms with Crippen LogP contribution in [-0.2, 0) is 22.6 Å². The number of Topliss-reactive ketones (excluding diaryl/α,β-unsaturated/α-hetero) is 1. The van der Waals surface area contributed by atoms with Crippen LogP contribution in [0.3, 0.4) is 0 Å². The Hall–Kier alpha value is -2.50. The van der Waals surface area contributed by atoms with E-state index in [0.29, 0.717) is 36.9 Å². The largest absolute Gasteiger partial charge is 0.352 e. The number of nitrogens with zero attached hydrogens (tertiary/aromatic N) is 2. The number of ketones is 1. The lowest BCUT2D eigenvalue weighted by molar-refractivity contribution is -0.122. The van der Waals surface area contributed by atoms with Crippen molar-refractivity contribution >= 4 is 11.7 Å². The van der Waals surface area contributed by atoms with Crippen LogP contribution < -0.4 is 5.32 Å². The molecule has 0 spiro atoms. The van der Waals surface area contributed by atoms with E-state index in [1.165, 1.54) is 0 Å². The molecule has 0 unspecified atom stereocenters. The van der Waals surface area contributed by atoms with E-state index in [2.05, 4.69) is 15.5 Å². The first-order chi connectivity index (χ1) is 11.6. The number of amides is 1. The Kier molecular flexibility index (Phi) is 5.03. The fourth-order valence-electron chi connectivity index (χ4n) is 3.06. The maximum absolute atomic E-state index is 12.0. The van der Waals surface area contributed by atoms with Gasteiger partial charge in [0.05, 0.1) is 6.42 Å². The highest BCUT2D eigenvalue weighted by molar-refractivity contribution is 5.79. The van der Waals surface area contributed by atoms with Gasteiger partial charge in [0, 0.05) is 25.3 Å². The third-order valence-corrected chi connectivity index (χ3v) is 4.42. The van der Waals surface area contributed by atoms with Crippen LogP contribution in [0.1, 0.15) is 49.4 Å². The molecule has 1 fully saturated rings. The second kappa shape index (κ2) is 7.38. The second-order valence-corrected chi connectivity index (χ2v) is 6.35. The molecule has 2 aromatic rings. The molecule has 2 atom stereocenters. The summed E-state index contributed by atoms with van der Waals surface area (Å²) in [6.07, 6.45) is 1.95. The van der Waals surface area contributed by atoms with Crippen LogP contribution in [0.2, 0.25) is 0 Å². The van der Waals surface area contributed by atoms with Gasteiger partial charge in [-0.05, 0) is 17.9 Å². The smallest absolute Gasteiger partial charge is 0.230 e. The molecule has 6 nitrogen and oxygen atoms in total. The maximum atomic E-state index is 12.0. The lowest BCUT2D eigenvalue weighted by Crippen LogP contribution is -2.25. The minimum absolute atomic E-state index is 0.0936. The molecule has 1 N–H and O–H groups in total. The Labute approximate surface area is 140 Å². The predicted molar refractivity (Wildman–Crippen MR) is 87.1 cm³/mol. The molecule has 24 heavy (non-hydrogen) atoms. The van der Waals surface area contributed by atoms with Crippen LogP contribution in [0.5, 0.6) is 0 Å². The Morgan fingerprint density at radius 3 is 2.88 bits per heavy atom. The van der Waals surface area contributed by atoms with Gasteiger partial charge in [-0.1, -0.05) is 42.4 Å². The fourth-order valence-corrected chi connectivity index (χ4v) is 3.06. The van der Waals surface area contributed by atoms with Crippen LogP contribution in [-0.4, -0.2) is 21.8 Å². The normalized spacial score (nSPS) is 20.8. The van der Waals surface area contributed by atoms with Crippen molar-refractivity contribution in [3.8, 4) is 0 Å². The second-order valence-electron chi connectivity index (χ2n) is 6.35. The van der Waals surface area contributed by atoms with Gasteiger partial charge in [0.1, 0.15) is 5.78 Å². The molecule has 1 saturated carbocycles. The molecule has 0 bridgehead atoms. The Balaban J connectivity index is 1.54. The number of carbonyl (C=O) groups is 2. The van der Waals surface area contributed by atoms with E-state index >= 15 is 0 Å². The molecular formula is C18H21N3O3. The van der Waals surface area contributed by atoms with E-state index < -0.39 is 0 Å². The van der Waals surface area contributed by atoms with Crippen molar-refractivity contribution in [1.82, 2.24) is 15.5 Å². The maximum Gasteiger partial charge on any atom is 0.230 e. The molecule has 1 aromatic carbocycles. The van der Waals surface area contributed by atoms with E-state index in [-0.39, 0.29) is 24.2 Å². The van der Waals surface area contributed by atoms with Crippen LogP contribution in [0.25, 0.3) is 0 Å². The van der Waals surface area contributed by atoms with Crippen LogP contribution in [0.4, 0.5) is 0 Å². The molecule has 1 aromatic heterocycles. The van der Waals surface area contributed by atoms with Crippen molar-refractivity contribution in [2.75, 3.05) is 0 Å². The summed E-state index contributed by atoms with van der Waals surface area (Å²) < 4.78 is 5.32. The predicted octanol–water partition coefficient (Wildman–Crippen LogP) is 2.40. The molecule has 1 aliphatic carbocycles. The van der Waals surface area contributed by atoms with E-state index in [0.717, 1.165) is 12.0 Å². The zero-order valence-electron chi connectivity index (χ0n) is 13.7. The average Bonchev–Trinajstić information content (AvgIpc) is 3.02. The summed E-state index contributed by atoms with van der Waals surface area (Å²) in [5.41, 5.74) is 1.04. The number of hydrogen-bond donors (Lipinski definition) is 1. The van der Waals surface area contributed by atoms with Crippen molar-refractivity contribution in [3.63, 3.8) is 0 Å². The highest BCUT2D eigenvalue weighted by Crippen LogP contribution is 2.35. The van der Waals surface area contributed by atoms with Gasteiger partial charge >= 0.3 is 0 Å². The van der Waals surface area contributed by atoms with Crippen molar-refractivity contribution in [3.05, 3.63) is 47.6 Å². The Morgan fingerprint density at radius 1 is 1.33 bits per heavy atom. The molecule has 1 aliphatic rings. The quantitative estimate of drug-likeness (QED) is 0.911. The van der Waals surface area contributed by atoms with E-state index in [1.807, 2.05) is 37.3 Å². The van der Waals surface area contributed by atoms with Crippen LogP contribution >= 0.6 is 0 Å². The minimum Gasteiger partial charge on any atom is -0.352 e. The summed E-state index contributed by atoms with van der Waals surface area (Å²) in [5, 5.41) is 6.75. The number of hydrogen-bond acceptors (Lipinski definition) is 5. The van der Waals surface area contributed by atoms with E-state index in [4.69, 9.17) is 4.52 Å². The lowest BCUT2D eigenvalue weighted by atomic mass is 9.80. The van der Waals surface area contributed by atoms with Gasteiger partial charge in [-0.15, -0.1) is 0 Å². The first-order valence-electron chi connectivity index (χ1n) is 8.26. The van der Waals surface area contributed by atoms with E-state index in [9.17, 15) is 9.59 Å². The average molecular weight is 327 g/mol. The summed E-state index contributed by atoms with van der Waals surface area (Å²) in [7, 11) is 0. The third-order valence-electron chi connectivity index (χ3n) is 4.42.